The molecule has 7 nitrogen and oxygen atoms in total. The van der Waals surface area contributed by atoms with Crippen LogP contribution in [0.4, 0.5) is 0 Å². The molecule has 1 unspecified atom stereocenters. The highest BCUT2D eigenvalue weighted by Crippen LogP contribution is 2.23. The fourth-order valence-electron chi connectivity index (χ4n) is 4.32. The summed E-state index contributed by atoms with van der Waals surface area (Å²) >= 11 is 0. The van der Waals surface area contributed by atoms with Crippen LogP contribution in [0.3, 0.4) is 0 Å². The summed E-state index contributed by atoms with van der Waals surface area (Å²) in [4.78, 5) is 18.2. The molecule has 160 valence electrons. The van der Waals surface area contributed by atoms with E-state index in [0.29, 0.717) is 18.3 Å². The van der Waals surface area contributed by atoms with Crippen molar-refractivity contribution in [2.45, 2.75) is 72.5 Å². The largest absolute Gasteiger partial charge is 0.330 e. The van der Waals surface area contributed by atoms with Crippen LogP contribution in [-0.2, 0) is 19.1 Å². The monoisotopic (exact) mass is 400 g/mol. The Bertz CT molecular complexity index is 859. The molecule has 2 aromatic rings. The number of rotatable bonds is 6. The molecule has 1 saturated heterocycles. The molecule has 3 heterocycles. The van der Waals surface area contributed by atoms with E-state index in [9.17, 15) is 4.79 Å². The summed E-state index contributed by atoms with van der Waals surface area (Å²) in [5.74, 6) is 0.0438. The molecule has 0 N–H and O–H groups in total. The van der Waals surface area contributed by atoms with Crippen LogP contribution in [-0.4, -0.2) is 60.9 Å². The summed E-state index contributed by atoms with van der Waals surface area (Å²) in [7, 11) is 1.95. The summed E-state index contributed by atoms with van der Waals surface area (Å²) in [5, 5.41) is 9.09. The second kappa shape index (κ2) is 8.30. The molecule has 7 heteroatoms. The molecule has 29 heavy (non-hydrogen) atoms. The van der Waals surface area contributed by atoms with E-state index in [1.54, 1.807) is 0 Å². The fraction of sp³-hybridized carbons (Fsp3) is 0.682. The van der Waals surface area contributed by atoms with Crippen LogP contribution >= 0.6 is 0 Å². The van der Waals surface area contributed by atoms with E-state index in [1.807, 2.05) is 41.2 Å². The van der Waals surface area contributed by atoms with Crippen LogP contribution in [0.2, 0.25) is 0 Å². The Balaban J connectivity index is 1.94. The molecule has 1 amide bonds. The minimum atomic E-state index is -0.253. The van der Waals surface area contributed by atoms with Gasteiger partial charge in [0.1, 0.15) is 5.69 Å². The van der Waals surface area contributed by atoms with Gasteiger partial charge in [-0.05, 0) is 72.7 Å². The molecule has 1 atom stereocenters. The molecule has 1 aliphatic heterocycles. The lowest BCUT2D eigenvalue weighted by Gasteiger charge is -2.31. The first kappa shape index (κ1) is 21.6. The predicted octanol–water partition coefficient (Wildman–Crippen LogP) is 3.12. The lowest BCUT2D eigenvalue weighted by Crippen LogP contribution is -2.44. The zero-order valence-electron chi connectivity index (χ0n) is 19.1. The third kappa shape index (κ3) is 4.71. The van der Waals surface area contributed by atoms with Crippen molar-refractivity contribution >= 4 is 5.91 Å². The number of amides is 1. The van der Waals surface area contributed by atoms with Crippen molar-refractivity contribution < 1.29 is 4.79 Å². The quantitative estimate of drug-likeness (QED) is 0.748. The van der Waals surface area contributed by atoms with Crippen molar-refractivity contribution in [1.29, 1.82) is 0 Å². The Morgan fingerprint density at radius 2 is 1.90 bits per heavy atom. The van der Waals surface area contributed by atoms with Crippen molar-refractivity contribution in [3.8, 4) is 0 Å². The number of likely N-dealkylation sites (N-methyl/N-ethyl adjacent to an activating group) is 1. The van der Waals surface area contributed by atoms with Crippen LogP contribution in [0.5, 0.6) is 0 Å². The van der Waals surface area contributed by atoms with E-state index in [-0.39, 0.29) is 11.4 Å². The number of nitrogens with zero attached hydrogens (tertiary/aromatic N) is 6. The Morgan fingerprint density at radius 3 is 2.48 bits per heavy atom. The minimum Gasteiger partial charge on any atom is -0.330 e. The predicted molar refractivity (Wildman–Crippen MR) is 115 cm³/mol. The van der Waals surface area contributed by atoms with Gasteiger partial charge in [-0.3, -0.25) is 19.1 Å². The van der Waals surface area contributed by atoms with Crippen molar-refractivity contribution in [2.24, 2.45) is 7.05 Å². The third-order valence-electron chi connectivity index (χ3n) is 5.76. The summed E-state index contributed by atoms with van der Waals surface area (Å²) in [6.07, 6.45) is 2.34. The number of aromatic nitrogens is 4. The molecule has 1 fully saturated rings. The summed E-state index contributed by atoms with van der Waals surface area (Å²) < 4.78 is 3.76. The van der Waals surface area contributed by atoms with Crippen LogP contribution in [0.1, 0.15) is 68.1 Å². The maximum Gasteiger partial charge on any atom is 0.272 e. The molecule has 1 aliphatic rings. The van der Waals surface area contributed by atoms with Gasteiger partial charge < -0.3 is 4.90 Å². The zero-order chi connectivity index (χ0) is 21.3. The Kier molecular flexibility index (Phi) is 6.17. The summed E-state index contributed by atoms with van der Waals surface area (Å²) in [5.41, 5.74) is 3.30. The van der Waals surface area contributed by atoms with Gasteiger partial charge in [-0.15, -0.1) is 0 Å². The zero-order valence-corrected chi connectivity index (χ0v) is 19.1. The van der Waals surface area contributed by atoms with Gasteiger partial charge in [0.25, 0.3) is 5.91 Å². The smallest absolute Gasteiger partial charge is 0.272 e. The average Bonchev–Trinajstić information content (AvgIpc) is 3.32. The number of hydrogen-bond acceptors (Lipinski definition) is 4. The van der Waals surface area contributed by atoms with Crippen molar-refractivity contribution in [1.82, 2.24) is 29.4 Å². The average molecular weight is 401 g/mol. The standard InChI is InChI=1S/C22H36N6O/c1-8-26-11-9-10-18(26)14-27(15-19-12-16(2)23-25(19)7)21(29)20-13-17(3)24-28(20)22(4,5)6/h12-13,18H,8-11,14-15H2,1-7H3. The Hall–Kier alpha value is -2.15. The lowest BCUT2D eigenvalue weighted by atomic mass is 10.1. The van der Waals surface area contributed by atoms with E-state index in [0.717, 1.165) is 43.1 Å². The first-order valence-corrected chi connectivity index (χ1v) is 10.7. The van der Waals surface area contributed by atoms with Gasteiger partial charge in [0.15, 0.2) is 0 Å². The number of hydrogen-bond donors (Lipinski definition) is 0. The van der Waals surface area contributed by atoms with Gasteiger partial charge >= 0.3 is 0 Å². The highest BCUT2D eigenvalue weighted by molar-refractivity contribution is 5.92. The molecular weight excluding hydrogens is 364 g/mol. The summed E-state index contributed by atoms with van der Waals surface area (Å²) in [6.45, 7) is 15.8. The van der Waals surface area contributed by atoms with Gasteiger partial charge in [-0.1, -0.05) is 6.92 Å². The van der Waals surface area contributed by atoms with Gasteiger partial charge in [0.2, 0.25) is 0 Å². The molecule has 0 saturated carbocycles. The number of carbonyl (C=O) groups is 1. The Morgan fingerprint density at radius 1 is 1.21 bits per heavy atom. The van der Waals surface area contributed by atoms with Gasteiger partial charge in [0, 0.05) is 19.6 Å². The van der Waals surface area contributed by atoms with Crippen LogP contribution in [0, 0.1) is 13.8 Å². The number of aryl methyl sites for hydroxylation is 3. The van der Waals surface area contributed by atoms with Crippen molar-refractivity contribution in [2.75, 3.05) is 19.6 Å². The highest BCUT2D eigenvalue weighted by Gasteiger charge is 2.31. The Labute approximate surface area is 174 Å². The van der Waals surface area contributed by atoms with Crippen molar-refractivity contribution in [3.63, 3.8) is 0 Å². The second-order valence-corrected chi connectivity index (χ2v) is 9.26. The molecule has 3 rings (SSSR count). The first-order chi connectivity index (χ1) is 13.6. The topological polar surface area (TPSA) is 59.2 Å². The minimum absolute atomic E-state index is 0.0438. The SMILES string of the molecule is CCN1CCCC1CN(Cc1cc(C)nn1C)C(=O)c1cc(C)nn1C(C)(C)C. The molecule has 2 aromatic heterocycles. The molecule has 0 spiro atoms. The molecule has 0 bridgehead atoms. The van der Waals surface area contributed by atoms with Crippen LogP contribution in [0.25, 0.3) is 0 Å². The lowest BCUT2D eigenvalue weighted by molar-refractivity contribution is 0.0667. The van der Waals surface area contributed by atoms with Crippen LogP contribution < -0.4 is 0 Å². The molecule has 0 radical (unpaired) electrons. The highest BCUT2D eigenvalue weighted by atomic mass is 16.2. The van der Waals surface area contributed by atoms with E-state index < -0.39 is 0 Å². The van der Waals surface area contributed by atoms with Crippen LogP contribution in [0.15, 0.2) is 12.1 Å². The third-order valence-corrected chi connectivity index (χ3v) is 5.76. The number of carbonyl (C=O) groups excluding carboxylic acids is 1. The normalized spacial score (nSPS) is 17.8. The van der Waals surface area contributed by atoms with Gasteiger partial charge in [-0.25, -0.2) is 0 Å². The van der Waals surface area contributed by atoms with Gasteiger partial charge in [0.05, 0.1) is 29.2 Å². The number of likely N-dealkylation sites (tertiary alicyclic amines) is 1. The molecular formula is C22H36N6O. The maximum atomic E-state index is 13.7. The fourth-order valence-corrected chi connectivity index (χ4v) is 4.32. The van der Waals surface area contributed by atoms with E-state index in [2.05, 4.69) is 48.9 Å². The molecule has 0 aliphatic carbocycles. The van der Waals surface area contributed by atoms with Gasteiger partial charge in [-0.2, -0.15) is 10.2 Å². The maximum absolute atomic E-state index is 13.7. The first-order valence-electron chi connectivity index (χ1n) is 10.7. The van der Waals surface area contributed by atoms with Crippen molar-refractivity contribution in [3.05, 3.63) is 34.9 Å². The summed E-state index contributed by atoms with van der Waals surface area (Å²) in [6, 6.07) is 4.39. The second-order valence-electron chi connectivity index (χ2n) is 9.26. The van der Waals surface area contributed by atoms with E-state index in [4.69, 9.17) is 0 Å². The van der Waals surface area contributed by atoms with E-state index >= 15 is 0 Å². The molecule has 0 aromatic carbocycles. The van der Waals surface area contributed by atoms with E-state index in [1.165, 1.54) is 6.42 Å².